The second kappa shape index (κ2) is 8.15. The van der Waals surface area contributed by atoms with Crippen LogP contribution in [0.2, 0.25) is 0 Å². The Morgan fingerprint density at radius 1 is 1.07 bits per heavy atom. The first-order chi connectivity index (χ1) is 13.2. The first kappa shape index (κ1) is 18.1. The Kier molecular flexibility index (Phi) is 5.45. The monoisotopic (exact) mass is 438 g/mol. The highest BCUT2D eigenvalue weighted by Crippen LogP contribution is 2.35. The van der Waals surface area contributed by atoms with Gasteiger partial charge in [0, 0.05) is 29.9 Å². The van der Waals surface area contributed by atoms with Gasteiger partial charge in [-0.3, -0.25) is 4.98 Å². The van der Waals surface area contributed by atoms with Crippen molar-refractivity contribution in [2.75, 3.05) is 11.9 Å². The summed E-state index contributed by atoms with van der Waals surface area (Å²) in [5.41, 5.74) is 3.27. The number of halogens is 1. The van der Waals surface area contributed by atoms with Crippen molar-refractivity contribution in [1.82, 2.24) is 15.0 Å². The summed E-state index contributed by atoms with van der Waals surface area (Å²) in [5.74, 6) is 2.09. The van der Waals surface area contributed by atoms with Crippen molar-refractivity contribution in [3.8, 4) is 11.4 Å². The fraction of sp³-hybridized carbons (Fsp3) is 0.190. The van der Waals surface area contributed by atoms with Gasteiger partial charge in [0.2, 0.25) is 0 Å². The van der Waals surface area contributed by atoms with Crippen LogP contribution in [0.15, 0.2) is 64.7 Å². The maximum absolute atomic E-state index is 4.80. The number of hydrogen-bond acceptors (Lipinski definition) is 5. The van der Waals surface area contributed by atoms with E-state index in [2.05, 4.69) is 68.9 Å². The summed E-state index contributed by atoms with van der Waals surface area (Å²) >= 11 is 5.27. The maximum Gasteiger partial charge on any atom is 0.162 e. The van der Waals surface area contributed by atoms with Gasteiger partial charge in [-0.25, -0.2) is 9.97 Å². The number of aromatic nitrogens is 3. The number of nitrogens with one attached hydrogen (secondary N) is 1. The van der Waals surface area contributed by atoms with Crippen molar-refractivity contribution in [3.63, 3.8) is 0 Å². The average molecular weight is 439 g/mol. The maximum atomic E-state index is 4.80. The molecule has 0 radical (unpaired) electrons. The number of pyridine rings is 1. The van der Waals surface area contributed by atoms with Crippen molar-refractivity contribution in [2.45, 2.75) is 13.3 Å². The number of hydrogen-bond donors (Lipinski definition) is 1. The number of nitrogens with zero attached hydrogens (tertiary/aromatic N) is 3. The van der Waals surface area contributed by atoms with Crippen molar-refractivity contribution < 1.29 is 0 Å². The molecule has 0 saturated heterocycles. The number of rotatable bonds is 6. The van der Waals surface area contributed by atoms with Gasteiger partial charge in [-0.2, -0.15) is 0 Å². The molecule has 0 saturated carbocycles. The zero-order chi connectivity index (χ0) is 18.6. The molecule has 4 nitrogen and oxygen atoms in total. The molecule has 0 bridgehead atoms. The molecule has 0 spiro atoms. The molecule has 3 heterocycles. The van der Waals surface area contributed by atoms with Crippen LogP contribution in [0, 0.1) is 5.92 Å². The summed E-state index contributed by atoms with van der Waals surface area (Å²) in [4.78, 5) is 13.6. The Hall–Kier alpha value is -2.31. The Bertz CT molecular complexity index is 1030. The Morgan fingerprint density at radius 2 is 1.85 bits per heavy atom. The van der Waals surface area contributed by atoms with Gasteiger partial charge in [-0.15, -0.1) is 11.3 Å². The molecule has 136 valence electrons. The number of benzene rings is 1. The van der Waals surface area contributed by atoms with Crippen LogP contribution < -0.4 is 5.32 Å². The van der Waals surface area contributed by atoms with Gasteiger partial charge in [-0.1, -0.05) is 37.3 Å². The van der Waals surface area contributed by atoms with Gasteiger partial charge in [0.1, 0.15) is 11.3 Å². The summed E-state index contributed by atoms with van der Waals surface area (Å²) in [7, 11) is 0. The lowest BCUT2D eigenvalue weighted by Crippen LogP contribution is -2.15. The molecule has 0 unspecified atom stereocenters. The summed E-state index contributed by atoms with van der Waals surface area (Å²) in [6.45, 7) is 3.11. The fourth-order valence-electron chi connectivity index (χ4n) is 3.00. The van der Waals surface area contributed by atoms with E-state index in [0.717, 1.165) is 39.0 Å². The third-order valence-electron chi connectivity index (χ3n) is 4.36. The molecule has 27 heavy (non-hydrogen) atoms. The summed E-state index contributed by atoms with van der Waals surface area (Å²) in [6, 6.07) is 14.5. The van der Waals surface area contributed by atoms with Crippen LogP contribution in [-0.2, 0) is 6.42 Å². The number of thiophene rings is 1. The molecular formula is C21H19BrN4S. The molecule has 0 amide bonds. The second-order valence-electron chi connectivity index (χ2n) is 6.57. The zero-order valence-corrected chi connectivity index (χ0v) is 17.3. The Morgan fingerprint density at radius 3 is 2.63 bits per heavy atom. The van der Waals surface area contributed by atoms with Crippen molar-refractivity contribution in [3.05, 3.63) is 70.3 Å². The molecule has 0 aliphatic carbocycles. The van der Waals surface area contributed by atoms with Gasteiger partial charge < -0.3 is 5.32 Å². The van der Waals surface area contributed by atoms with Crippen LogP contribution in [0.5, 0.6) is 0 Å². The van der Waals surface area contributed by atoms with Crippen molar-refractivity contribution >= 4 is 43.3 Å². The Labute approximate surface area is 170 Å². The molecule has 1 N–H and O–H groups in total. The third-order valence-corrected chi connectivity index (χ3v) is 6.24. The van der Waals surface area contributed by atoms with E-state index in [4.69, 9.17) is 9.97 Å². The van der Waals surface area contributed by atoms with Gasteiger partial charge >= 0.3 is 0 Å². The fourth-order valence-corrected chi connectivity index (χ4v) is 4.53. The molecule has 1 aromatic carbocycles. The van der Waals surface area contributed by atoms with Gasteiger partial charge in [0.25, 0.3) is 0 Å². The first-order valence-electron chi connectivity index (χ1n) is 8.83. The van der Waals surface area contributed by atoms with E-state index in [-0.39, 0.29) is 0 Å². The van der Waals surface area contributed by atoms with Gasteiger partial charge in [0.05, 0.1) is 9.17 Å². The van der Waals surface area contributed by atoms with Crippen molar-refractivity contribution in [1.29, 1.82) is 0 Å². The first-order valence-corrected chi connectivity index (χ1v) is 10.5. The Balaban J connectivity index is 1.59. The van der Waals surface area contributed by atoms with Crippen LogP contribution >= 0.6 is 27.3 Å². The highest BCUT2D eigenvalue weighted by Gasteiger charge is 2.14. The highest BCUT2D eigenvalue weighted by molar-refractivity contribution is 9.10. The zero-order valence-electron chi connectivity index (χ0n) is 14.9. The smallest absolute Gasteiger partial charge is 0.162 e. The predicted octanol–water partition coefficient (Wildman–Crippen LogP) is 5.81. The van der Waals surface area contributed by atoms with E-state index < -0.39 is 0 Å². The number of anilines is 1. The lowest BCUT2D eigenvalue weighted by atomic mass is 10.0. The van der Waals surface area contributed by atoms with E-state index in [1.54, 1.807) is 23.7 Å². The molecule has 4 rings (SSSR count). The highest BCUT2D eigenvalue weighted by atomic mass is 79.9. The van der Waals surface area contributed by atoms with E-state index >= 15 is 0 Å². The second-order valence-corrected chi connectivity index (χ2v) is 8.30. The minimum absolute atomic E-state index is 0.491. The van der Waals surface area contributed by atoms with E-state index in [1.165, 1.54) is 5.56 Å². The van der Waals surface area contributed by atoms with Crippen LogP contribution in [0.3, 0.4) is 0 Å². The molecule has 0 aliphatic heterocycles. The minimum atomic E-state index is 0.491. The lowest BCUT2D eigenvalue weighted by Gasteiger charge is -2.14. The largest absolute Gasteiger partial charge is 0.368 e. The van der Waals surface area contributed by atoms with Crippen LogP contribution in [-0.4, -0.2) is 21.5 Å². The van der Waals surface area contributed by atoms with Crippen molar-refractivity contribution in [2.24, 2.45) is 5.92 Å². The molecule has 6 heteroatoms. The molecule has 1 atom stereocenters. The SMILES string of the molecule is C[C@H](CNc1nc(-c2ccncc2)nc2c(Br)csc12)Cc1ccccc1. The molecule has 0 fully saturated rings. The third kappa shape index (κ3) is 4.17. The lowest BCUT2D eigenvalue weighted by molar-refractivity contribution is 0.611. The van der Waals surface area contributed by atoms with Gasteiger partial charge in [0.15, 0.2) is 5.82 Å². The topological polar surface area (TPSA) is 50.7 Å². The quantitative estimate of drug-likeness (QED) is 0.412. The number of fused-ring (bicyclic) bond motifs is 1. The average Bonchev–Trinajstić information content (AvgIpc) is 3.08. The van der Waals surface area contributed by atoms with Crippen LogP contribution in [0.4, 0.5) is 5.82 Å². The van der Waals surface area contributed by atoms with Crippen LogP contribution in [0.1, 0.15) is 12.5 Å². The summed E-state index contributed by atoms with van der Waals surface area (Å²) < 4.78 is 2.08. The van der Waals surface area contributed by atoms with Crippen LogP contribution in [0.25, 0.3) is 21.6 Å². The standard InChI is InChI=1S/C21H19BrN4S/c1-14(11-15-5-3-2-4-6-15)12-24-21-19-18(17(22)13-27-19)25-20(26-21)16-7-9-23-10-8-16/h2-10,13-14H,11-12H2,1H3,(H,24,25,26)/t14-/m0/s1. The molecule has 3 aromatic heterocycles. The van der Waals surface area contributed by atoms with Gasteiger partial charge in [-0.05, 0) is 46.0 Å². The van der Waals surface area contributed by atoms with E-state index in [1.807, 2.05) is 12.1 Å². The molecule has 0 aliphatic rings. The summed E-state index contributed by atoms with van der Waals surface area (Å²) in [6.07, 6.45) is 4.56. The minimum Gasteiger partial charge on any atom is -0.368 e. The molecular weight excluding hydrogens is 420 g/mol. The van der Waals surface area contributed by atoms with E-state index in [0.29, 0.717) is 11.7 Å². The molecule has 4 aromatic rings. The van der Waals surface area contributed by atoms with E-state index in [9.17, 15) is 0 Å². The summed E-state index contributed by atoms with van der Waals surface area (Å²) in [5, 5.41) is 5.62. The predicted molar refractivity (Wildman–Crippen MR) is 116 cm³/mol. The normalized spacial score (nSPS) is 12.2.